The van der Waals surface area contributed by atoms with Gasteiger partial charge in [0.15, 0.2) is 0 Å². The van der Waals surface area contributed by atoms with Crippen LogP contribution in [0.4, 0.5) is 0 Å². The molecule has 0 radical (unpaired) electrons. The predicted octanol–water partition coefficient (Wildman–Crippen LogP) is 2.57. The fraction of sp³-hybridized carbons (Fsp3) is 0.357. The molecule has 1 saturated heterocycles. The van der Waals surface area contributed by atoms with E-state index in [-0.39, 0.29) is 5.56 Å². The third-order valence-electron chi connectivity index (χ3n) is 3.52. The number of hydrogen-bond donors (Lipinski definition) is 2. The number of nitrogens with one attached hydrogen (secondary N) is 2. The second-order valence-corrected chi connectivity index (χ2v) is 5.48. The number of rotatable bonds is 2. The van der Waals surface area contributed by atoms with Crippen LogP contribution in [0.1, 0.15) is 24.3 Å². The average Bonchev–Trinajstić information content (AvgIpc) is 2.83. The molecule has 0 atom stereocenters. The van der Waals surface area contributed by atoms with Crippen LogP contribution in [0.15, 0.2) is 35.1 Å². The van der Waals surface area contributed by atoms with Crippen LogP contribution < -0.4 is 10.9 Å². The van der Waals surface area contributed by atoms with Gasteiger partial charge in [-0.3, -0.25) is 9.17 Å². The van der Waals surface area contributed by atoms with E-state index in [1.54, 1.807) is 0 Å². The van der Waals surface area contributed by atoms with E-state index >= 15 is 0 Å². The molecule has 2 heterocycles. The second-order valence-electron chi connectivity index (χ2n) is 4.67. The highest BCUT2D eigenvalue weighted by Crippen LogP contribution is 2.33. The minimum Gasteiger partial charge on any atom is -0.317 e. The van der Waals surface area contributed by atoms with Gasteiger partial charge in [0.25, 0.3) is 5.56 Å². The molecule has 0 amide bonds. The summed E-state index contributed by atoms with van der Waals surface area (Å²) >= 11 is 1.47. The minimum atomic E-state index is 0.103. The molecule has 1 aliphatic rings. The number of H-pyrrole nitrogens is 1. The zero-order valence-electron chi connectivity index (χ0n) is 10.1. The van der Waals surface area contributed by atoms with Crippen molar-refractivity contribution >= 4 is 11.5 Å². The maximum Gasteiger partial charge on any atom is 0.262 e. The highest BCUT2D eigenvalue weighted by molar-refractivity contribution is 7.09. The molecule has 3 nitrogen and oxygen atoms in total. The standard InChI is InChI=1S/C14H16N2OS/c17-14-12(10-6-8-15-9-7-10)13(18-16-14)11-4-2-1-3-5-11/h1-5,10,15H,6-9H2,(H,16,17). The van der Waals surface area contributed by atoms with E-state index in [0.29, 0.717) is 5.92 Å². The zero-order chi connectivity index (χ0) is 12.4. The molecule has 4 heteroatoms. The van der Waals surface area contributed by atoms with Gasteiger partial charge in [0.2, 0.25) is 0 Å². The first-order valence-electron chi connectivity index (χ1n) is 6.34. The van der Waals surface area contributed by atoms with Gasteiger partial charge in [-0.25, -0.2) is 0 Å². The molecule has 0 saturated carbocycles. The van der Waals surface area contributed by atoms with Crippen LogP contribution in [0, 0.1) is 0 Å². The van der Waals surface area contributed by atoms with Crippen molar-refractivity contribution in [2.24, 2.45) is 0 Å². The lowest BCUT2D eigenvalue weighted by molar-refractivity contribution is 0.459. The van der Waals surface area contributed by atoms with Gasteiger partial charge in [-0.15, -0.1) is 0 Å². The van der Waals surface area contributed by atoms with Crippen molar-refractivity contribution in [1.82, 2.24) is 9.69 Å². The summed E-state index contributed by atoms with van der Waals surface area (Å²) in [4.78, 5) is 13.2. The normalized spacial score (nSPS) is 16.9. The Kier molecular flexibility index (Phi) is 3.30. The Morgan fingerprint density at radius 2 is 1.83 bits per heavy atom. The first kappa shape index (κ1) is 11.7. The molecule has 18 heavy (non-hydrogen) atoms. The fourth-order valence-corrected chi connectivity index (χ4v) is 3.52. The van der Waals surface area contributed by atoms with Crippen molar-refractivity contribution in [1.29, 1.82) is 0 Å². The smallest absolute Gasteiger partial charge is 0.262 e. The van der Waals surface area contributed by atoms with Crippen molar-refractivity contribution in [2.45, 2.75) is 18.8 Å². The second kappa shape index (κ2) is 5.08. The monoisotopic (exact) mass is 260 g/mol. The number of aromatic amines is 1. The van der Waals surface area contributed by atoms with Gasteiger partial charge in [0, 0.05) is 5.56 Å². The van der Waals surface area contributed by atoms with Crippen LogP contribution in [-0.2, 0) is 0 Å². The highest BCUT2D eigenvalue weighted by atomic mass is 32.1. The highest BCUT2D eigenvalue weighted by Gasteiger charge is 2.23. The van der Waals surface area contributed by atoms with E-state index in [9.17, 15) is 4.79 Å². The Morgan fingerprint density at radius 1 is 1.11 bits per heavy atom. The van der Waals surface area contributed by atoms with Gasteiger partial charge in [0.1, 0.15) is 0 Å². The van der Waals surface area contributed by atoms with E-state index in [2.05, 4.69) is 21.8 Å². The molecular weight excluding hydrogens is 244 g/mol. The van der Waals surface area contributed by atoms with Crippen molar-refractivity contribution in [2.75, 3.05) is 13.1 Å². The van der Waals surface area contributed by atoms with Crippen molar-refractivity contribution in [3.63, 3.8) is 0 Å². The molecule has 0 unspecified atom stereocenters. The molecule has 1 aliphatic heterocycles. The van der Waals surface area contributed by atoms with Crippen LogP contribution >= 0.6 is 11.5 Å². The van der Waals surface area contributed by atoms with Crippen LogP contribution in [0.2, 0.25) is 0 Å². The third kappa shape index (κ3) is 2.13. The van der Waals surface area contributed by atoms with Gasteiger partial charge >= 0.3 is 0 Å². The van der Waals surface area contributed by atoms with Crippen LogP contribution in [0.5, 0.6) is 0 Å². The zero-order valence-corrected chi connectivity index (χ0v) is 10.9. The van der Waals surface area contributed by atoms with Crippen LogP contribution in [0.25, 0.3) is 10.4 Å². The first-order valence-corrected chi connectivity index (χ1v) is 7.15. The summed E-state index contributed by atoms with van der Waals surface area (Å²) in [5.41, 5.74) is 2.24. The van der Waals surface area contributed by atoms with Crippen LogP contribution in [0.3, 0.4) is 0 Å². The molecule has 3 rings (SSSR count). The summed E-state index contributed by atoms with van der Waals surface area (Å²) in [5.74, 6) is 0.399. The number of benzene rings is 1. The molecule has 1 aromatic carbocycles. The maximum atomic E-state index is 12.0. The summed E-state index contributed by atoms with van der Waals surface area (Å²) < 4.78 is 2.90. The van der Waals surface area contributed by atoms with Gasteiger partial charge in [0.05, 0.1) is 4.88 Å². The molecule has 2 aromatic rings. The molecule has 0 bridgehead atoms. The van der Waals surface area contributed by atoms with E-state index in [1.165, 1.54) is 11.5 Å². The predicted molar refractivity (Wildman–Crippen MR) is 75.2 cm³/mol. The van der Waals surface area contributed by atoms with E-state index in [4.69, 9.17) is 0 Å². The summed E-state index contributed by atoms with van der Waals surface area (Å²) in [6.45, 7) is 2.02. The Hall–Kier alpha value is -1.39. The summed E-state index contributed by atoms with van der Waals surface area (Å²) in [5, 5.41) is 3.35. The van der Waals surface area contributed by atoms with Crippen LogP contribution in [-0.4, -0.2) is 17.5 Å². The van der Waals surface area contributed by atoms with E-state index < -0.39 is 0 Å². The number of piperidine rings is 1. The Balaban J connectivity index is 2.03. The van der Waals surface area contributed by atoms with Gasteiger partial charge in [-0.2, -0.15) is 0 Å². The van der Waals surface area contributed by atoms with E-state index in [0.717, 1.165) is 41.9 Å². The SMILES string of the molecule is O=c1[nH]sc(-c2ccccc2)c1C1CCNCC1. The number of aromatic nitrogens is 1. The third-order valence-corrected chi connectivity index (χ3v) is 4.47. The molecule has 0 aliphatic carbocycles. The lowest BCUT2D eigenvalue weighted by Gasteiger charge is -2.22. The minimum absolute atomic E-state index is 0.103. The Labute approximate surface area is 110 Å². The topological polar surface area (TPSA) is 44.9 Å². The lowest BCUT2D eigenvalue weighted by atomic mass is 9.89. The Morgan fingerprint density at radius 3 is 2.56 bits per heavy atom. The molecule has 94 valence electrons. The molecule has 0 spiro atoms. The summed E-state index contributed by atoms with van der Waals surface area (Å²) in [6.07, 6.45) is 2.11. The molecule has 2 N–H and O–H groups in total. The molecule has 1 aromatic heterocycles. The lowest BCUT2D eigenvalue weighted by Crippen LogP contribution is -2.28. The largest absolute Gasteiger partial charge is 0.317 e. The van der Waals surface area contributed by atoms with E-state index in [1.807, 2.05) is 18.2 Å². The van der Waals surface area contributed by atoms with Gasteiger partial charge < -0.3 is 5.32 Å². The van der Waals surface area contributed by atoms with Crippen molar-refractivity contribution in [3.05, 3.63) is 46.2 Å². The molecule has 1 fully saturated rings. The maximum absolute atomic E-state index is 12.0. The average molecular weight is 260 g/mol. The summed E-state index contributed by atoms with van der Waals surface area (Å²) in [7, 11) is 0. The Bertz CT molecular complexity index is 567. The van der Waals surface area contributed by atoms with Gasteiger partial charge in [-0.1, -0.05) is 41.9 Å². The first-order chi connectivity index (χ1) is 8.86. The van der Waals surface area contributed by atoms with Gasteiger partial charge in [-0.05, 0) is 37.4 Å². The fourth-order valence-electron chi connectivity index (χ4n) is 2.60. The van der Waals surface area contributed by atoms with Crippen molar-refractivity contribution < 1.29 is 0 Å². The summed E-state index contributed by atoms with van der Waals surface area (Å²) in [6, 6.07) is 10.2. The molecular formula is C14H16N2OS. The number of hydrogen-bond acceptors (Lipinski definition) is 3. The van der Waals surface area contributed by atoms with Crippen molar-refractivity contribution in [3.8, 4) is 10.4 Å². The quantitative estimate of drug-likeness (QED) is 0.871.